The molecule has 3 heteroatoms. The standard InChI is InChI=1S/C11H8N.C10H15.ClH.Ir/c1-2-6-10(7-3-1)11-8-4-5-9-12-11;1-6-7(2)9(4)10(5)8(6)3;;/h1-6,8-9H;1-5H3;1H;/q-1;;;+3/p-1. The van der Waals surface area contributed by atoms with Gasteiger partial charge in [-0.05, 0) is 41.3 Å². The number of hydrogen-bond acceptors (Lipinski definition) is 1. The van der Waals surface area contributed by atoms with Gasteiger partial charge in [0, 0.05) is 6.20 Å². The van der Waals surface area contributed by atoms with E-state index in [1.165, 1.54) is 47.5 Å². The Morgan fingerprint density at radius 1 is 0.750 bits per heavy atom. The van der Waals surface area contributed by atoms with Crippen molar-refractivity contribution in [3.05, 3.63) is 84.3 Å². The van der Waals surface area contributed by atoms with Crippen LogP contribution in [0.1, 0.15) is 34.6 Å². The molecule has 1 fully saturated rings. The minimum absolute atomic E-state index is 0.970. The molecule has 1 aliphatic carbocycles. The van der Waals surface area contributed by atoms with Crippen LogP contribution in [0.3, 0.4) is 0 Å². The molecule has 1 heterocycles. The molecule has 24 heavy (non-hydrogen) atoms. The minimum Gasteiger partial charge on any atom is -0.305 e. The molecule has 1 aromatic carbocycles. The first kappa shape index (κ1) is 21.4. The van der Waals surface area contributed by atoms with Crippen molar-refractivity contribution in [1.29, 1.82) is 0 Å². The van der Waals surface area contributed by atoms with E-state index in [0.29, 0.717) is 0 Å². The zero-order valence-corrected chi connectivity index (χ0v) is 17.9. The van der Waals surface area contributed by atoms with Crippen LogP contribution in [0.15, 0.2) is 48.7 Å². The molecule has 1 aromatic heterocycles. The largest absolute Gasteiger partial charge is 0.305 e. The van der Waals surface area contributed by atoms with Gasteiger partial charge in [-0.3, -0.25) is 0 Å². The fourth-order valence-electron chi connectivity index (χ4n) is 2.48. The maximum absolute atomic E-state index is 4.64. The normalized spacial score (nSPS) is 17.0. The van der Waals surface area contributed by atoms with Gasteiger partial charge in [0.15, 0.2) is 0 Å². The van der Waals surface area contributed by atoms with Crippen LogP contribution >= 0.6 is 9.58 Å². The predicted octanol–water partition coefficient (Wildman–Crippen LogP) is 6.21. The number of nitrogens with zero attached hydrogens (tertiary/aromatic N) is 1. The van der Waals surface area contributed by atoms with E-state index in [1.807, 2.05) is 42.5 Å². The van der Waals surface area contributed by atoms with E-state index < -0.39 is 0 Å². The van der Waals surface area contributed by atoms with E-state index >= 15 is 0 Å². The van der Waals surface area contributed by atoms with Crippen molar-refractivity contribution in [1.82, 2.24) is 4.98 Å². The molecule has 127 valence electrons. The van der Waals surface area contributed by atoms with Crippen LogP contribution in [0.4, 0.5) is 0 Å². The summed E-state index contributed by atoms with van der Waals surface area (Å²) >= 11 is 1.47. The number of benzene rings is 1. The maximum atomic E-state index is 4.64. The molecule has 0 spiro atoms. The van der Waals surface area contributed by atoms with Gasteiger partial charge < -0.3 is 4.98 Å². The van der Waals surface area contributed by atoms with Crippen LogP contribution in [-0.4, -0.2) is 4.98 Å². The summed E-state index contributed by atoms with van der Waals surface area (Å²) in [5, 5.41) is 0. The van der Waals surface area contributed by atoms with E-state index in [4.69, 9.17) is 0 Å². The molecule has 0 atom stereocenters. The minimum atomic E-state index is 0.970. The van der Waals surface area contributed by atoms with Crippen LogP contribution in [0, 0.1) is 35.7 Å². The van der Waals surface area contributed by atoms with Gasteiger partial charge in [0.25, 0.3) is 0 Å². The first-order chi connectivity index (χ1) is 11.5. The predicted molar refractivity (Wildman–Crippen MR) is 98.9 cm³/mol. The third-order valence-electron chi connectivity index (χ3n) is 4.46. The molecule has 0 bridgehead atoms. The molecular weight excluding hydrogens is 494 g/mol. The van der Waals surface area contributed by atoms with Gasteiger partial charge in [0.05, 0.1) is 0 Å². The molecule has 3 rings (SSSR count). The van der Waals surface area contributed by atoms with Crippen molar-refractivity contribution < 1.29 is 17.9 Å². The smallest absolute Gasteiger partial charge is 0.0160 e. The second-order valence-electron chi connectivity index (χ2n) is 5.62. The van der Waals surface area contributed by atoms with Crippen LogP contribution in [-0.2, 0) is 17.9 Å². The van der Waals surface area contributed by atoms with Crippen molar-refractivity contribution in [2.24, 2.45) is 0 Å². The molecule has 0 aliphatic heterocycles. The fourth-order valence-corrected chi connectivity index (χ4v) is 2.48. The van der Waals surface area contributed by atoms with E-state index in [2.05, 4.69) is 55.3 Å². The third-order valence-corrected chi connectivity index (χ3v) is 4.46. The first-order valence-electron chi connectivity index (χ1n) is 7.72. The van der Waals surface area contributed by atoms with Gasteiger partial charge in [-0.2, -0.15) is 0 Å². The van der Waals surface area contributed by atoms with Gasteiger partial charge in [-0.1, -0.05) is 46.8 Å². The Morgan fingerprint density at radius 3 is 1.62 bits per heavy atom. The van der Waals surface area contributed by atoms with E-state index in [0.717, 1.165) is 11.3 Å². The summed E-state index contributed by atoms with van der Waals surface area (Å²) in [7, 11) is 4.64. The van der Waals surface area contributed by atoms with Gasteiger partial charge in [0.1, 0.15) is 0 Å². The van der Waals surface area contributed by atoms with Crippen LogP contribution < -0.4 is 0 Å². The zero-order valence-electron chi connectivity index (χ0n) is 14.8. The molecule has 2 aromatic rings. The summed E-state index contributed by atoms with van der Waals surface area (Å²) < 4.78 is 0. The maximum Gasteiger partial charge on any atom is 0.0160 e. The quantitative estimate of drug-likeness (QED) is 0.411. The Hall–Kier alpha value is -0.691. The monoisotopic (exact) mass is 517 g/mol. The number of hydrogen-bond donors (Lipinski definition) is 0. The SMILES string of the molecule is C[C]1[C](C)[C](C)[C](C)[C]1C.[Cl][Ir+2].[c-]1ccccc1-c1ccccn1. The van der Waals surface area contributed by atoms with Crippen LogP contribution in [0.2, 0.25) is 0 Å². The molecule has 0 amide bonds. The topological polar surface area (TPSA) is 12.9 Å². The van der Waals surface area contributed by atoms with Crippen molar-refractivity contribution in [3.63, 3.8) is 0 Å². The Bertz CT molecular complexity index is 478. The Morgan fingerprint density at radius 2 is 1.25 bits per heavy atom. The number of pyridine rings is 1. The van der Waals surface area contributed by atoms with Crippen LogP contribution in [0.25, 0.3) is 11.3 Å². The van der Waals surface area contributed by atoms with E-state index in [9.17, 15) is 0 Å². The zero-order chi connectivity index (χ0) is 18.1. The Balaban J connectivity index is 0.000000221. The number of halogens is 1. The Labute approximate surface area is 162 Å². The summed E-state index contributed by atoms with van der Waals surface area (Å²) in [6.07, 6.45) is 1.79. The molecule has 1 aliphatic rings. The molecule has 0 saturated heterocycles. The number of aromatic nitrogens is 1. The average Bonchev–Trinajstić information content (AvgIpc) is 2.83. The molecule has 0 N–H and O–H groups in total. The second kappa shape index (κ2) is 11.0. The summed E-state index contributed by atoms with van der Waals surface area (Å²) in [6.45, 7) is 11.0. The molecule has 5 radical (unpaired) electrons. The fraction of sp³-hybridized carbons (Fsp3) is 0.238. The van der Waals surface area contributed by atoms with Crippen molar-refractivity contribution in [2.45, 2.75) is 34.6 Å². The van der Waals surface area contributed by atoms with Gasteiger partial charge in [-0.25, -0.2) is 0 Å². The molecule has 1 nitrogen and oxygen atoms in total. The average molecular weight is 517 g/mol. The van der Waals surface area contributed by atoms with Gasteiger partial charge in [0.2, 0.25) is 0 Å². The van der Waals surface area contributed by atoms with Crippen LogP contribution in [0.5, 0.6) is 0 Å². The van der Waals surface area contributed by atoms with Gasteiger partial charge in [-0.15, -0.1) is 35.9 Å². The third kappa shape index (κ3) is 5.69. The molecular formula is C21H23ClIrN+. The first-order valence-corrected chi connectivity index (χ1v) is 10.7. The summed E-state index contributed by atoms with van der Waals surface area (Å²) in [5.41, 5.74) is 2.01. The Kier molecular flexibility index (Phi) is 9.81. The van der Waals surface area contributed by atoms with Crippen molar-refractivity contribution >= 4 is 9.58 Å². The van der Waals surface area contributed by atoms with Crippen molar-refractivity contribution in [2.75, 3.05) is 0 Å². The van der Waals surface area contributed by atoms with Crippen molar-refractivity contribution in [3.8, 4) is 11.3 Å². The second-order valence-corrected chi connectivity index (χ2v) is 5.62. The van der Waals surface area contributed by atoms with Gasteiger partial charge >= 0.3 is 27.5 Å². The van der Waals surface area contributed by atoms with E-state index in [-0.39, 0.29) is 0 Å². The summed E-state index contributed by atoms with van der Waals surface area (Å²) in [4.78, 5) is 4.22. The summed E-state index contributed by atoms with van der Waals surface area (Å²) in [6, 6.07) is 16.8. The van der Waals surface area contributed by atoms with E-state index in [1.54, 1.807) is 6.20 Å². The number of rotatable bonds is 1. The molecule has 1 saturated carbocycles. The molecule has 0 unspecified atom stereocenters. The summed E-state index contributed by atoms with van der Waals surface area (Å²) in [5.74, 6) is 7.34.